The molecule has 0 saturated heterocycles. The average Bonchev–Trinajstić information content (AvgIpc) is 2.92. The molecule has 1 aromatic rings. The number of nitrogens with zero attached hydrogens (tertiary/aromatic N) is 2. The Morgan fingerprint density at radius 3 is 1.52 bits per heavy atom. The molecule has 0 atom stereocenters. The van der Waals surface area contributed by atoms with E-state index < -0.39 is 21.4 Å². The summed E-state index contributed by atoms with van der Waals surface area (Å²) in [6.45, 7) is 10.5. The van der Waals surface area contributed by atoms with Gasteiger partial charge in [-0.3, -0.25) is 20.2 Å². The van der Waals surface area contributed by atoms with Crippen LogP contribution in [0, 0.1) is 20.2 Å². The van der Waals surface area contributed by atoms with E-state index in [0.717, 1.165) is 6.07 Å². The van der Waals surface area contributed by atoms with Crippen molar-refractivity contribution < 1.29 is 52.5 Å². The summed E-state index contributed by atoms with van der Waals surface area (Å²) in [6.07, 6.45) is 0. The summed E-state index contributed by atoms with van der Waals surface area (Å²) in [5, 5.41) is 24.7. The van der Waals surface area contributed by atoms with Crippen LogP contribution in [0.4, 0.5) is 17.1 Å². The highest BCUT2D eigenvalue weighted by Crippen LogP contribution is 2.28. The lowest BCUT2D eigenvalue weighted by Crippen LogP contribution is -2.27. The third-order valence-corrected chi connectivity index (χ3v) is 4.82. The van der Waals surface area contributed by atoms with Crippen LogP contribution >= 0.6 is 0 Å². The summed E-state index contributed by atoms with van der Waals surface area (Å²) >= 11 is 0. The molecule has 0 saturated carbocycles. The van der Waals surface area contributed by atoms with Crippen molar-refractivity contribution in [3.8, 4) is 0 Å². The fraction of sp³-hybridized carbons (Fsp3) is 0.731. The van der Waals surface area contributed by atoms with E-state index in [9.17, 15) is 25.0 Å². The van der Waals surface area contributed by atoms with E-state index in [2.05, 4.69) is 5.32 Å². The molecule has 1 rings (SSSR count). The molecule has 42 heavy (non-hydrogen) atoms. The molecule has 0 radical (unpaired) electrons. The number of carbonyl (C=O) groups excluding carboxylic acids is 1. The first-order valence-corrected chi connectivity index (χ1v) is 13.5. The molecule has 0 amide bonds. The number of esters is 1. The molecule has 0 bridgehead atoms. The molecule has 0 aliphatic carbocycles. The van der Waals surface area contributed by atoms with Gasteiger partial charge in [-0.1, -0.05) is 0 Å². The Bertz CT molecular complexity index is 912. The number of benzene rings is 1. The van der Waals surface area contributed by atoms with Crippen LogP contribution in [-0.2, 0) is 42.7 Å². The highest BCUT2D eigenvalue weighted by atomic mass is 16.6. The van der Waals surface area contributed by atoms with E-state index in [0.29, 0.717) is 79.3 Å². The van der Waals surface area contributed by atoms with Crippen molar-refractivity contribution in [2.75, 3.05) is 104 Å². The molecular formula is C26H43N3O13. The molecule has 0 heterocycles. The minimum absolute atomic E-state index is 0.104. The Labute approximate surface area is 245 Å². The van der Waals surface area contributed by atoms with Gasteiger partial charge in [0.1, 0.15) is 17.9 Å². The smallest absolute Gasteiger partial charge is 0.332 e. The first-order valence-electron chi connectivity index (χ1n) is 13.5. The van der Waals surface area contributed by atoms with E-state index in [1.54, 1.807) is 20.8 Å². The van der Waals surface area contributed by atoms with E-state index in [1.807, 2.05) is 0 Å². The van der Waals surface area contributed by atoms with Crippen LogP contribution in [0.25, 0.3) is 0 Å². The van der Waals surface area contributed by atoms with Crippen molar-refractivity contribution in [1.29, 1.82) is 0 Å². The standard InChI is InChI=1S/C26H43N3O13/c1-26(2,3)42-25(30)21-41-19-18-40-17-16-39-15-14-38-13-12-37-11-10-36-9-8-35-7-6-27-23-5-4-22(28(31)32)20-24(23)29(33)34/h4-5,20,27H,6-19,21H2,1-3H3. The summed E-state index contributed by atoms with van der Waals surface area (Å²) in [7, 11) is 0. The van der Waals surface area contributed by atoms with Crippen molar-refractivity contribution in [1.82, 2.24) is 0 Å². The van der Waals surface area contributed by atoms with Crippen molar-refractivity contribution in [2.24, 2.45) is 0 Å². The molecule has 0 unspecified atom stereocenters. The molecular weight excluding hydrogens is 562 g/mol. The number of nitro benzene ring substituents is 2. The van der Waals surface area contributed by atoms with E-state index in [-0.39, 0.29) is 36.8 Å². The third-order valence-electron chi connectivity index (χ3n) is 4.82. The Morgan fingerprint density at radius 1 is 0.690 bits per heavy atom. The monoisotopic (exact) mass is 605 g/mol. The molecule has 0 spiro atoms. The van der Waals surface area contributed by atoms with Gasteiger partial charge in [0.25, 0.3) is 11.4 Å². The van der Waals surface area contributed by atoms with Crippen LogP contribution in [0.3, 0.4) is 0 Å². The Morgan fingerprint density at radius 2 is 1.12 bits per heavy atom. The van der Waals surface area contributed by atoms with E-state index in [4.69, 9.17) is 37.9 Å². The lowest BCUT2D eigenvalue weighted by molar-refractivity contribution is -0.393. The minimum Gasteiger partial charge on any atom is -0.458 e. The first kappa shape index (κ1) is 37.0. The molecule has 240 valence electrons. The van der Waals surface area contributed by atoms with Crippen molar-refractivity contribution >= 4 is 23.0 Å². The summed E-state index contributed by atoms with van der Waals surface area (Å²) in [4.78, 5) is 32.0. The minimum atomic E-state index is -0.685. The highest BCUT2D eigenvalue weighted by Gasteiger charge is 2.19. The second kappa shape index (κ2) is 22.6. The van der Waals surface area contributed by atoms with E-state index >= 15 is 0 Å². The van der Waals surface area contributed by atoms with Gasteiger partial charge in [-0.25, -0.2) is 4.79 Å². The zero-order chi connectivity index (χ0) is 31.1. The fourth-order valence-electron chi connectivity index (χ4n) is 3.04. The second-order valence-corrected chi connectivity index (χ2v) is 9.46. The molecule has 16 heteroatoms. The van der Waals surface area contributed by atoms with Gasteiger partial charge in [0, 0.05) is 12.6 Å². The Balaban J connectivity index is 1.82. The SMILES string of the molecule is CC(C)(C)OC(=O)COCCOCCOCCOCCOCCOCCOCCNc1ccc([N+](=O)[O-])cc1[N+](=O)[O-]. The van der Waals surface area contributed by atoms with Gasteiger partial charge >= 0.3 is 5.97 Å². The molecule has 0 fully saturated rings. The number of hydrogen-bond acceptors (Lipinski definition) is 14. The zero-order valence-electron chi connectivity index (χ0n) is 24.5. The number of non-ortho nitro benzene ring substituents is 1. The number of rotatable bonds is 26. The normalized spacial score (nSPS) is 11.4. The molecule has 16 nitrogen and oxygen atoms in total. The largest absolute Gasteiger partial charge is 0.458 e. The Kier molecular flexibility index (Phi) is 19.9. The number of ether oxygens (including phenoxy) is 8. The van der Waals surface area contributed by atoms with Crippen molar-refractivity contribution in [2.45, 2.75) is 26.4 Å². The summed E-state index contributed by atoms with van der Waals surface area (Å²) in [5.41, 5.74) is -1.06. The van der Waals surface area contributed by atoms with Crippen LogP contribution < -0.4 is 5.32 Å². The first-order chi connectivity index (χ1) is 20.1. The topological polar surface area (TPSA) is 189 Å². The summed E-state index contributed by atoms with van der Waals surface area (Å²) < 4.78 is 42.7. The number of nitrogens with one attached hydrogen (secondary N) is 1. The van der Waals surface area contributed by atoms with Crippen LogP contribution in [0.15, 0.2) is 18.2 Å². The van der Waals surface area contributed by atoms with Crippen LogP contribution in [0.5, 0.6) is 0 Å². The van der Waals surface area contributed by atoms with Crippen molar-refractivity contribution in [3.05, 3.63) is 38.4 Å². The lowest BCUT2D eigenvalue weighted by Gasteiger charge is -2.19. The number of anilines is 1. The van der Waals surface area contributed by atoms with Crippen LogP contribution in [-0.4, -0.2) is 120 Å². The second-order valence-electron chi connectivity index (χ2n) is 9.46. The third kappa shape index (κ3) is 20.0. The number of carbonyl (C=O) groups is 1. The van der Waals surface area contributed by atoms with Gasteiger partial charge in [-0.05, 0) is 26.8 Å². The van der Waals surface area contributed by atoms with Gasteiger partial charge in [-0.15, -0.1) is 0 Å². The summed E-state index contributed by atoms with van der Waals surface area (Å²) in [6, 6.07) is 3.41. The quantitative estimate of drug-likeness (QED) is 0.0701. The molecule has 0 aliphatic rings. The molecule has 1 aromatic carbocycles. The van der Waals surface area contributed by atoms with E-state index in [1.165, 1.54) is 12.1 Å². The summed E-state index contributed by atoms with van der Waals surface area (Å²) in [5.74, 6) is -0.406. The maximum Gasteiger partial charge on any atom is 0.332 e. The van der Waals surface area contributed by atoms with Crippen molar-refractivity contribution in [3.63, 3.8) is 0 Å². The lowest BCUT2D eigenvalue weighted by atomic mass is 10.2. The fourth-order valence-corrected chi connectivity index (χ4v) is 3.04. The van der Waals surface area contributed by atoms with Gasteiger partial charge in [0.2, 0.25) is 0 Å². The van der Waals surface area contributed by atoms with Gasteiger partial charge in [0.05, 0.1) is 102 Å². The maximum atomic E-state index is 11.5. The molecule has 1 N–H and O–H groups in total. The van der Waals surface area contributed by atoms with Crippen LogP contribution in [0.2, 0.25) is 0 Å². The predicted octanol–water partition coefficient (Wildman–Crippen LogP) is 2.37. The van der Waals surface area contributed by atoms with Gasteiger partial charge < -0.3 is 43.2 Å². The zero-order valence-corrected chi connectivity index (χ0v) is 24.5. The van der Waals surface area contributed by atoms with Gasteiger partial charge in [0.15, 0.2) is 0 Å². The maximum absolute atomic E-state index is 11.5. The average molecular weight is 606 g/mol. The Hall–Kier alpha value is -2.99. The molecule has 0 aliphatic heterocycles. The number of nitro groups is 2. The molecule has 0 aromatic heterocycles. The number of hydrogen-bond donors (Lipinski definition) is 1. The highest BCUT2D eigenvalue weighted by molar-refractivity contribution is 5.71. The van der Waals surface area contributed by atoms with Crippen LogP contribution in [0.1, 0.15) is 20.8 Å². The van der Waals surface area contributed by atoms with Gasteiger partial charge in [-0.2, -0.15) is 0 Å². The predicted molar refractivity (Wildman–Crippen MR) is 150 cm³/mol.